The molecule has 1 aromatic carbocycles. The summed E-state index contributed by atoms with van der Waals surface area (Å²) in [6.07, 6.45) is 3.94. The first-order valence-corrected chi connectivity index (χ1v) is 8.74. The van der Waals surface area contributed by atoms with E-state index < -0.39 is 0 Å². The second-order valence-electron chi connectivity index (χ2n) is 6.84. The average molecular weight is 342 g/mol. The van der Waals surface area contributed by atoms with Gasteiger partial charge >= 0.3 is 6.03 Å². The number of ether oxygens (including phenoxy) is 1. The highest BCUT2D eigenvalue weighted by Crippen LogP contribution is 2.33. The van der Waals surface area contributed by atoms with Crippen molar-refractivity contribution >= 4 is 11.8 Å². The van der Waals surface area contributed by atoms with Crippen LogP contribution in [0.5, 0.6) is 0 Å². The number of carbonyl (C=O) groups excluding carboxylic acids is 1. The van der Waals surface area contributed by atoms with Gasteiger partial charge in [-0.3, -0.25) is 10.00 Å². The summed E-state index contributed by atoms with van der Waals surface area (Å²) in [5, 5.41) is 7.27. The van der Waals surface area contributed by atoms with Crippen LogP contribution in [0.2, 0.25) is 0 Å². The van der Waals surface area contributed by atoms with Gasteiger partial charge in [-0.25, -0.2) is 4.79 Å². The van der Waals surface area contributed by atoms with Gasteiger partial charge in [-0.15, -0.1) is 0 Å². The Morgan fingerprint density at radius 1 is 1.32 bits per heavy atom. The second-order valence-corrected chi connectivity index (χ2v) is 6.84. The summed E-state index contributed by atoms with van der Waals surface area (Å²) in [4.78, 5) is 14.5. The molecule has 1 saturated heterocycles. The van der Waals surface area contributed by atoms with Gasteiger partial charge in [0.25, 0.3) is 0 Å². The number of benzene rings is 1. The number of nitrogens with zero attached hydrogens (tertiary/aromatic N) is 3. The predicted molar refractivity (Wildman–Crippen MR) is 97.7 cm³/mol. The van der Waals surface area contributed by atoms with Gasteiger partial charge in [-0.2, -0.15) is 5.10 Å². The number of carbonyl (C=O) groups is 1. The number of nitrogens with one attached hydrogen (secondary N) is 1. The minimum absolute atomic E-state index is 0.00528. The third kappa shape index (κ3) is 4.20. The fourth-order valence-corrected chi connectivity index (χ4v) is 3.42. The summed E-state index contributed by atoms with van der Waals surface area (Å²) < 4.78 is 6.81. The molecule has 0 radical (unpaired) electrons. The molecule has 0 bridgehead atoms. The molecule has 2 amide bonds. The lowest BCUT2D eigenvalue weighted by atomic mass is 9.76. The van der Waals surface area contributed by atoms with E-state index in [0.717, 1.165) is 19.4 Å². The van der Waals surface area contributed by atoms with E-state index in [1.165, 1.54) is 5.56 Å². The molecule has 0 aliphatic carbocycles. The highest BCUT2D eigenvalue weighted by molar-refractivity contribution is 5.88. The summed E-state index contributed by atoms with van der Waals surface area (Å²) in [7, 11) is 1.66. The predicted octanol–water partition coefficient (Wildman–Crippen LogP) is 3.12. The Bertz CT molecular complexity index is 700. The quantitative estimate of drug-likeness (QED) is 0.908. The Kier molecular flexibility index (Phi) is 5.38. The van der Waals surface area contributed by atoms with Crippen molar-refractivity contribution in [2.75, 3.05) is 32.1 Å². The molecule has 6 nitrogen and oxygen atoms in total. The maximum absolute atomic E-state index is 12.7. The highest BCUT2D eigenvalue weighted by Gasteiger charge is 2.34. The van der Waals surface area contributed by atoms with E-state index in [1.807, 2.05) is 23.2 Å². The highest BCUT2D eigenvalue weighted by atomic mass is 16.5. The van der Waals surface area contributed by atoms with Crippen LogP contribution < -0.4 is 5.32 Å². The number of urea groups is 1. The number of rotatable bonds is 5. The molecule has 1 aromatic heterocycles. The van der Waals surface area contributed by atoms with Crippen molar-refractivity contribution in [3.63, 3.8) is 0 Å². The van der Waals surface area contributed by atoms with Gasteiger partial charge in [-0.1, -0.05) is 37.3 Å². The van der Waals surface area contributed by atoms with Crippen molar-refractivity contribution in [1.29, 1.82) is 0 Å². The molecular formula is C19H26N4O2. The molecule has 25 heavy (non-hydrogen) atoms. The van der Waals surface area contributed by atoms with E-state index >= 15 is 0 Å². The van der Waals surface area contributed by atoms with E-state index in [0.29, 0.717) is 25.5 Å². The Morgan fingerprint density at radius 2 is 2.12 bits per heavy atom. The van der Waals surface area contributed by atoms with E-state index in [-0.39, 0.29) is 11.4 Å². The van der Waals surface area contributed by atoms with Gasteiger partial charge in [0.15, 0.2) is 5.82 Å². The molecule has 6 heteroatoms. The number of piperidine rings is 1. The molecule has 2 aromatic rings. The summed E-state index contributed by atoms with van der Waals surface area (Å²) in [6, 6.07) is 12.2. The number of hydrogen-bond acceptors (Lipinski definition) is 3. The van der Waals surface area contributed by atoms with Crippen LogP contribution in [0.3, 0.4) is 0 Å². The van der Waals surface area contributed by atoms with Crippen molar-refractivity contribution in [2.45, 2.75) is 31.7 Å². The van der Waals surface area contributed by atoms with E-state index in [2.05, 4.69) is 41.6 Å². The number of likely N-dealkylation sites (tertiary alicyclic amines) is 1. The first-order valence-electron chi connectivity index (χ1n) is 8.74. The lowest BCUT2D eigenvalue weighted by Gasteiger charge is -2.40. The fraction of sp³-hybridized carbons (Fsp3) is 0.474. The molecule has 0 saturated carbocycles. The minimum Gasteiger partial charge on any atom is -0.383 e. The van der Waals surface area contributed by atoms with Gasteiger partial charge in [0.2, 0.25) is 0 Å². The van der Waals surface area contributed by atoms with Crippen LogP contribution in [0.4, 0.5) is 10.6 Å². The van der Waals surface area contributed by atoms with E-state index in [9.17, 15) is 4.79 Å². The maximum atomic E-state index is 12.7. The second kappa shape index (κ2) is 7.70. The topological polar surface area (TPSA) is 59.4 Å². The molecule has 0 spiro atoms. The van der Waals surface area contributed by atoms with Crippen LogP contribution >= 0.6 is 0 Å². The number of methoxy groups -OCH3 is 1. The van der Waals surface area contributed by atoms with E-state index in [1.54, 1.807) is 11.8 Å². The zero-order valence-electron chi connectivity index (χ0n) is 14.9. The van der Waals surface area contributed by atoms with Gasteiger partial charge in [-0.05, 0) is 18.4 Å². The number of aromatic nitrogens is 2. The van der Waals surface area contributed by atoms with Crippen LogP contribution in [0.15, 0.2) is 42.6 Å². The molecule has 1 aliphatic rings. The molecule has 1 N–H and O–H groups in total. The smallest absolute Gasteiger partial charge is 0.323 e. The Hall–Kier alpha value is -2.34. The number of anilines is 1. The van der Waals surface area contributed by atoms with Crippen molar-refractivity contribution < 1.29 is 9.53 Å². The summed E-state index contributed by atoms with van der Waals surface area (Å²) in [6.45, 7) is 4.99. The first-order chi connectivity index (χ1) is 12.1. The largest absolute Gasteiger partial charge is 0.383 e. The molecule has 1 fully saturated rings. The molecule has 2 heterocycles. The van der Waals surface area contributed by atoms with Crippen molar-refractivity contribution in [2.24, 2.45) is 0 Å². The monoisotopic (exact) mass is 342 g/mol. The SMILES string of the molecule is COCCn1ccc(NC(=O)N2CCCC(C)(c3ccccc3)C2)n1. The lowest BCUT2D eigenvalue weighted by Crippen LogP contribution is -2.48. The molecule has 3 rings (SSSR count). The average Bonchev–Trinajstić information content (AvgIpc) is 3.08. The summed E-state index contributed by atoms with van der Waals surface area (Å²) >= 11 is 0. The van der Waals surface area contributed by atoms with Crippen LogP contribution in [0, 0.1) is 0 Å². The van der Waals surface area contributed by atoms with Gasteiger partial charge < -0.3 is 9.64 Å². The lowest BCUT2D eigenvalue weighted by molar-refractivity contribution is 0.166. The summed E-state index contributed by atoms with van der Waals surface area (Å²) in [5.41, 5.74) is 1.28. The molecular weight excluding hydrogens is 316 g/mol. The van der Waals surface area contributed by atoms with Crippen LogP contribution in [0.25, 0.3) is 0 Å². The van der Waals surface area contributed by atoms with Crippen molar-refractivity contribution in [1.82, 2.24) is 14.7 Å². The van der Waals surface area contributed by atoms with Gasteiger partial charge in [0.05, 0.1) is 13.2 Å². The van der Waals surface area contributed by atoms with Crippen LogP contribution in [-0.4, -0.2) is 47.5 Å². The number of hydrogen-bond donors (Lipinski definition) is 1. The Balaban J connectivity index is 1.63. The molecule has 1 aliphatic heterocycles. The van der Waals surface area contributed by atoms with Crippen molar-refractivity contribution in [3.05, 3.63) is 48.2 Å². The zero-order chi connectivity index (χ0) is 17.7. The third-order valence-electron chi connectivity index (χ3n) is 4.85. The van der Waals surface area contributed by atoms with Crippen molar-refractivity contribution in [3.8, 4) is 0 Å². The maximum Gasteiger partial charge on any atom is 0.323 e. The minimum atomic E-state index is -0.0844. The Morgan fingerprint density at radius 3 is 2.88 bits per heavy atom. The third-order valence-corrected chi connectivity index (χ3v) is 4.85. The van der Waals surface area contributed by atoms with Crippen LogP contribution in [0.1, 0.15) is 25.3 Å². The first kappa shape index (κ1) is 17.5. The zero-order valence-corrected chi connectivity index (χ0v) is 14.9. The Labute approximate surface area is 148 Å². The normalized spacial score (nSPS) is 20.5. The fourth-order valence-electron chi connectivity index (χ4n) is 3.42. The molecule has 134 valence electrons. The summed E-state index contributed by atoms with van der Waals surface area (Å²) in [5.74, 6) is 0.577. The van der Waals surface area contributed by atoms with Crippen LogP contribution in [-0.2, 0) is 16.7 Å². The molecule has 1 unspecified atom stereocenters. The van der Waals surface area contributed by atoms with Gasteiger partial charge in [0.1, 0.15) is 0 Å². The standard InChI is InChI=1S/C19H26N4O2/c1-19(16-7-4-3-5-8-16)10-6-11-22(15-19)18(24)20-17-9-12-23(21-17)13-14-25-2/h3-5,7-9,12H,6,10-11,13-15H2,1-2H3,(H,20,21,24). The van der Waals surface area contributed by atoms with Gasteiger partial charge in [0, 0.05) is 37.9 Å². The number of amides is 2. The molecule has 1 atom stereocenters. The van der Waals surface area contributed by atoms with E-state index in [4.69, 9.17) is 4.74 Å².